The molecule has 1 aromatic heterocycles. The van der Waals surface area contributed by atoms with Gasteiger partial charge < -0.3 is 10.6 Å². The maximum atomic E-state index is 4.51. The van der Waals surface area contributed by atoms with Crippen LogP contribution in [0.1, 0.15) is 39.7 Å². The molecule has 2 aromatic rings. The molecule has 0 saturated carbocycles. The van der Waals surface area contributed by atoms with Crippen LogP contribution >= 0.6 is 11.3 Å². The molecule has 1 aliphatic heterocycles. The number of benzene rings is 1. The van der Waals surface area contributed by atoms with Gasteiger partial charge in [-0.1, -0.05) is 18.2 Å². The van der Waals surface area contributed by atoms with Gasteiger partial charge in [-0.2, -0.15) is 0 Å². The van der Waals surface area contributed by atoms with Crippen LogP contribution in [0, 0.1) is 13.8 Å². The molecule has 3 rings (SSSR count). The molecule has 2 N–H and O–H groups in total. The van der Waals surface area contributed by atoms with E-state index in [-0.39, 0.29) is 0 Å². The number of aryl methyl sites for hydroxylation is 2. The Morgan fingerprint density at radius 2 is 2.25 bits per heavy atom. The second kappa shape index (κ2) is 5.54. The van der Waals surface area contributed by atoms with Gasteiger partial charge in [0, 0.05) is 29.7 Å². The molecule has 1 aliphatic rings. The van der Waals surface area contributed by atoms with E-state index in [1.807, 2.05) is 0 Å². The smallest absolute Gasteiger partial charge is 0.0900 e. The number of aromatic nitrogens is 1. The quantitative estimate of drug-likeness (QED) is 0.902. The molecule has 106 valence electrons. The van der Waals surface area contributed by atoms with Crippen molar-refractivity contribution in [2.45, 2.75) is 39.8 Å². The zero-order valence-corrected chi connectivity index (χ0v) is 13.1. The molecule has 0 amide bonds. The Balaban J connectivity index is 1.71. The summed E-state index contributed by atoms with van der Waals surface area (Å²) in [5, 5.41) is 8.27. The van der Waals surface area contributed by atoms with Gasteiger partial charge in [0.15, 0.2) is 0 Å². The molecule has 1 unspecified atom stereocenters. The third-order valence-electron chi connectivity index (χ3n) is 3.86. The third kappa shape index (κ3) is 2.58. The summed E-state index contributed by atoms with van der Waals surface area (Å²) < 4.78 is 0. The standard InChI is InChI=1S/C16H21N3S/c1-10(16-11(2)19-12(3)20-16)18-9-14-6-4-5-13-7-8-17-15(13)14/h4-6,10,17-18H,7-9H2,1-3H3. The van der Waals surface area contributed by atoms with Crippen LogP contribution < -0.4 is 10.6 Å². The van der Waals surface area contributed by atoms with Crippen LogP contribution in [0.25, 0.3) is 0 Å². The van der Waals surface area contributed by atoms with E-state index >= 15 is 0 Å². The Hall–Kier alpha value is -1.39. The molecule has 0 spiro atoms. The molecule has 2 heterocycles. The Morgan fingerprint density at radius 3 is 3.00 bits per heavy atom. The summed E-state index contributed by atoms with van der Waals surface area (Å²) in [7, 11) is 0. The minimum absolute atomic E-state index is 0.346. The minimum Gasteiger partial charge on any atom is -0.384 e. The summed E-state index contributed by atoms with van der Waals surface area (Å²) >= 11 is 1.79. The molecule has 0 bridgehead atoms. The van der Waals surface area contributed by atoms with Gasteiger partial charge in [0.1, 0.15) is 0 Å². The Morgan fingerprint density at radius 1 is 1.40 bits per heavy atom. The molecule has 4 heteroatoms. The van der Waals surface area contributed by atoms with Crippen LogP contribution in [0.15, 0.2) is 18.2 Å². The Labute approximate surface area is 124 Å². The van der Waals surface area contributed by atoms with E-state index < -0.39 is 0 Å². The highest BCUT2D eigenvalue weighted by Crippen LogP contribution is 2.28. The van der Waals surface area contributed by atoms with Crippen LogP contribution in [-0.4, -0.2) is 11.5 Å². The van der Waals surface area contributed by atoms with Gasteiger partial charge in [0.2, 0.25) is 0 Å². The van der Waals surface area contributed by atoms with E-state index in [9.17, 15) is 0 Å². The Bertz CT molecular complexity index is 618. The monoisotopic (exact) mass is 287 g/mol. The molecular formula is C16H21N3S. The lowest BCUT2D eigenvalue weighted by atomic mass is 10.1. The van der Waals surface area contributed by atoms with Crippen molar-refractivity contribution in [1.82, 2.24) is 10.3 Å². The van der Waals surface area contributed by atoms with Crippen molar-refractivity contribution < 1.29 is 0 Å². The number of hydrogen-bond acceptors (Lipinski definition) is 4. The molecule has 0 aliphatic carbocycles. The van der Waals surface area contributed by atoms with E-state index in [2.05, 4.69) is 54.6 Å². The van der Waals surface area contributed by atoms with Crippen LogP contribution in [0.3, 0.4) is 0 Å². The third-order valence-corrected chi connectivity index (χ3v) is 5.12. The number of nitrogens with zero attached hydrogens (tertiary/aromatic N) is 1. The largest absolute Gasteiger partial charge is 0.384 e. The van der Waals surface area contributed by atoms with E-state index in [1.54, 1.807) is 11.3 Å². The van der Waals surface area contributed by atoms with Gasteiger partial charge in [0.05, 0.1) is 10.7 Å². The highest BCUT2D eigenvalue weighted by Gasteiger charge is 2.16. The molecule has 0 saturated heterocycles. The second-order valence-electron chi connectivity index (χ2n) is 5.41. The summed E-state index contributed by atoms with van der Waals surface area (Å²) in [6, 6.07) is 6.94. The van der Waals surface area contributed by atoms with Crippen molar-refractivity contribution in [2.24, 2.45) is 0 Å². The van der Waals surface area contributed by atoms with E-state index in [0.29, 0.717) is 6.04 Å². The molecule has 20 heavy (non-hydrogen) atoms. The average Bonchev–Trinajstić information content (AvgIpc) is 3.02. The summed E-state index contributed by atoms with van der Waals surface area (Å²) in [6.07, 6.45) is 1.14. The number of anilines is 1. The first-order chi connectivity index (χ1) is 9.65. The lowest BCUT2D eigenvalue weighted by Crippen LogP contribution is -2.18. The van der Waals surface area contributed by atoms with E-state index in [4.69, 9.17) is 0 Å². The number of thiazole rings is 1. The summed E-state index contributed by atoms with van der Waals surface area (Å²) in [5.41, 5.74) is 5.31. The number of fused-ring (bicyclic) bond motifs is 1. The topological polar surface area (TPSA) is 37.0 Å². The predicted octanol–water partition coefficient (Wildman–Crippen LogP) is 3.58. The SMILES string of the molecule is Cc1nc(C)c(C(C)NCc2cccc3c2NCC3)s1. The summed E-state index contributed by atoms with van der Waals surface area (Å²) in [4.78, 5) is 5.86. The molecule has 1 atom stereocenters. The average molecular weight is 287 g/mol. The fraction of sp³-hybridized carbons (Fsp3) is 0.438. The highest BCUT2D eigenvalue weighted by atomic mass is 32.1. The van der Waals surface area contributed by atoms with Gasteiger partial charge in [-0.25, -0.2) is 4.98 Å². The van der Waals surface area contributed by atoms with Crippen molar-refractivity contribution in [3.63, 3.8) is 0 Å². The highest BCUT2D eigenvalue weighted by molar-refractivity contribution is 7.11. The maximum absolute atomic E-state index is 4.51. The van der Waals surface area contributed by atoms with Crippen LogP contribution in [-0.2, 0) is 13.0 Å². The molecular weight excluding hydrogens is 266 g/mol. The molecule has 1 aromatic carbocycles. The van der Waals surface area contributed by atoms with Crippen LogP contribution in [0.4, 0.5) is 5.69 Å². The summed E-state index contributed by atoms with van der Waals surface area (Å²) in [5.74, 6) is 0. The number of nitrogens with one attached hydrogen (secondary N) is 2. The van der Waals surface area contributed by atoms with E-state index in [1.165, 1.54) is 21.7 Å². The van der Waals surface area contributed by atoms with E-state index in [0.717, 1.165) is 30.2 Å². The first-order valence-corrected chi connectivity index (χ1v) is 7.98. The van der Waals surface area contributed by atoms with Crippen LogP contribution in [0.5, 0.6) is 0 Å². The van der Waals surface area contributed by atoms with Gasteiger partial charge in [-0.3, -0.25) is 0 Å². The lowest BCUT2D eigenvalue weighted by Gasteiger charge is -2.15. The molecule has 3 nitrogen and oxygen atoms in total. The molecule has 0 fully saturated rings. The first-order valence-electron chi connectivity index (χ1n) is 7.17. The van der Waals surface area contributed by atoms with Crippen molar-refractivity contribution in [3.05, 3.63) is 44.9 Å². The fourth-order valence-corrected chi connectivity index (χ4v) is 3.82. The van der Waals surface area contributed by atoms with Crippen molar-refractivity contribution >= 4 is 17.0 Å². The predicted molar refractivity (Wildman–Crippen MR) is 85.5 cm³/mol. The number of rotatable bonds is 4. The van der Waals surface area contributed by atoms with Crippen molar-refractivity contribution in [1.29, 1.82) is 0 Å². The van der Waals surface area contributed by atoms with Gasteiger partial charge in [-0.05, 0) is 38.3 Å². The van der Waals surface area contributed by atoms with Gasteiger partial charge in [0.25, 0.3) is 0 Å². The van der Waals surface area contributed by atoms with Crippen LogP contribution in [0.2, 0.25) is 0 Å². The summed E-state index contributed by atoms with van der Waals surface area (Å²) in [6.45, 7) is 8.35. The second-order valence-corrected chi connectivity index (χ2v) is 6.65. The lowest BCUT2D eigenvalue weighted by molar-refractivity contribution is 0.580. The van der Waals surface area contributed by atoms with Crippen molar-refractivity contribution in [3.8, 4) is 0 Å². The minimum atomic E-state index is 0.346. The normalized spacial score (nSPS) is 14.9. The van der Waals surface area contributed by atoms with Gasteiger partial charge in [-0.15, -0.1) is 11.3 Å². The number of para-hydroxylation sites is 1. The maximum Gasteiger partial charge on any atom is 0.0900 e. The van der Waals surface area contributed by atoms with Crippen molar-refractivity contribution in [2.75, 3.05) is 11.9 Å². The Kier molecular flexibility index (Phi) is 3.76. The zero-order chi connectivity index (χ0) is 14.1. The van der Waals surface area contributed by atoms with Gasteiger partial charge >= 0.3 is 0 Å². The number of hydrogen-bond donors (Lipinski definition) is 2. The fourth-order valence-electron chi connectivity index (χ4n) is 2.86. The molecule has 0 radical (unpaired) electrons. The zero-order valence-electron chi connectivity index (χ0n) is 12.3. The first kappa shape index (κ1) is 13.6.